The second kappa shape index (κ2) is 9.67. The minimum absolute atomic E-state index is 0.185. The van der Waals surface area contributed by atoms with E-state index >= 15 is 0 Å². The highest BCUT2D eigenvalue weighted by atomic mass is 16.5. The monoisotopic (exact) mass is 341 g/mol. The molecule has 0 fully saturated rings. The second-order valence-corrected chi connectivity index (χ2v) is 5.88. The van der Waals surface area contributed by atoms with E-state index in [1.54, 1.807) is 19.4 Å². The number of methoxy groups -OCH3 is 1. The first-order valence-electron chi connectivity index (χ1n) is 8.80. The average Bonchev–Trinajstić information content (AvgIpc) is 2.66. The number of nitrogens with zero attached hydrogens (tertiary/aromatic N) is 2. The predicted molar refractivity (Wildman–Crippen MR) is 101 cm³/mol. The van der Waals surface area contributed by atoms with Gasteiger partial charge in [0.1, 0.15) is 11.4 Å². The van der Waals surface area contributed by atoms with Gasteiger partial charge in [0.2, 0.25) is 0 Å². The Morgan fingerprint density at radius 1 is 1.12 bits per heavy atom. The Bertz CT molecular complexity index is 665. The van der Waals surface area contributed by atoms with E-state index in [0.717, 1.165) is 42.9 Å². The van der Waals surface area contributed by atoms with Crippen molar-refractivity contribution in [1.29, 1.82) is 0 Å². The zero-order chi connectivity index (χ0) is 18.1. The zero-order valence-corrected chi connectivity index (χ0v) is 15.3. The van der Waals surface area contributed by atoms with E-state index in [1.807, 2.05) is 30.3 Å². The molecule has 0 unspecified atom stereocenters. The van der Waals surface area contributed by atoms with Gasteiger partial charge in [0.05, 0.1) is 19.0 Å². The van der Waals surface area contributed by atoms with Gasteiger partial charge in [-0.3, -0.25) is 4.79 Å². The van der Waals surface area contributed by atoms with Crippen LogP contribution < -0.4 is 15.0 Å². The molecule has 0 aliphatic heterocycles. The van der Waals surface area contributed by atoms with Crippen molar-refractivity contribution >= 4 is 11.6 Å². The number of amides is 1. The number of hydrogen-bond acceptors (Lipinski definition) is 4. The minimum Gasteiger partial charge on any atom is -0.496 e. The van der Waals surface area contributed by atoms with Gasteiger partial charge in [-0.1, -0.05) is 32.0 Å². The van der Waals surface area contributed by atoms with Crippen molar-refractivity contribution in [3.63, 3.8) is 0 Å². The molecule has 5 heteroatoms. The minimum atomic E-state index is -0.185. The highest BCUT2D eigenvalue weighted by Crippen LogP contribution is 2.17. The summed E-state index contributed by atoms with van der Waals surface area (Å²) in [6.45, 7) is 6.72. The van der Waals surface area contributed by atoms with E-state index in [-0.39, 0.29) is 5.91 Å². The Labute approximate surface area is 150 Å². The molecule has 1 amide bonds. The fourth-order valence-electron chi connectivity index (χ4n) is 2.73. The van der Waals surface area contributed by atoms with Crippen LogP contribution in [0.4, 0.5) is 5.69 Å². The van der Waals surface area contributed by atoms with Crippen LogP contribution >= 0.6 is 0 Å². The first-order chi connectivity index (χ1) is 12.2. The van der Waals surface area contributed by atoms with Crippen LogP contribution in [0.3, 0.4) is 0 Å². The molecule has 2 rings (SSSR count). The average molecular weight is 341 g/mol. The molecule has 0 saturated heterocycles. The number of rotatable bonds is 9. The molecule has 0 aliphatic rings. The lowest BCUT2D eigenvalue weighted by molar-refractivity contribution is 0.0945. The summed E-state index contributed by atoms with van der Waals surface area (Å²) in [6, 6.07) is 11.4. The van der Waals surface area contributed by atoms with Gasteiger partial charge in [-0.25, -0.2) is 4.98 Å². The normalized spacial score (nSPS) is 10.4. The number of aromatic nitrogens is 1. The van der Waals surface area contributed by atoms with Crippen molar-refractivity contribution in [3.8, 4) is 5.75 Å². The van der Waals surface area contributed by atoms with Crippen LogP contribution in [0, 0.1) is 0 Å². The third-order valence-electron chi connectivity index (χ3n) is 3.96. The smallest absolute Gasteiger partial charge is 0.270 e. The van der Waals surface area contributed by atoms with Crippen LogP contribution in [0.2, 0.25) is 0 Å². The number of pyridine rings is 1. The van der Waals surface area contributed by atoms with Crippen molar-refractivity contribution in [2.75, 3.05) is 25.1 Å². The van der Waals surface area contributed by atoms with E-state index in [0.29, 0.717) is 12.2 Å². The second-order valence-electron chi connectivity index (χ2n) is 5.88. The molecule has 25 heavy (non-hydrogen) atoms. The summed E-state index contributed by atoms with van der Waals surface area (Å²) in [4.78, 5) is 19.0. The Balaban J connectivity index is 2.00. The first kappa shape index (κ1) is 18.8. The molecular weight excluding hydrogens is 314 g/mol. The number of nitrogens with one attached hydrogen (secondary N) is 1. The summed E-state index contributed by atoms with van der Waals surface area (Å²) in [6.07, 6.45) is 3.95. The fourth-order valence-corrected chi connectivity index (χ4v) is 2.73. The van der Waals surface area contributed by atoms with Gasteiger partial charge < -0.3 is 15.0 Å². The van der Waals surface area contributed by atoms with E-state index in [2.05, 4.69) is 29.0 Å². The summed E-state index contributed by atoms with van der Waals surface area (Å²) < 4.78 is 5.30. The van der Waals surface area contributed by atoms with Crippen molar-refractivity contribution < 1.29 is 9.53 Å². The Morgan fingerprint density at radius 3 is 2.44 bits per heavy atom. The summed E-state index contributed by atoms with van der Waals surface area (Å²) in [7, 11) is 1.62. The lowest BCUT2D eigenvalue weighted by atomic mass is 10.2. The molecule has 1 aromatic carbocycles. The fraction of sp³-hybridized carbons (Fsp3) is 0.400. The molecule has 0 saturated carbocycles. The van der Waals surface area contributed by atoms with Gasteiger partial charge in [-0.05, 0) is 31.0 Å². The van der Waals surface area contributed by atoms with Crippen LogP contribution in [0.5, 0.6) is 5.75 Å². The predicted octanol–water partition coefficient (Wildman–Crippen LogP) is 3.65. The Kier molecular flexibility index (Phi) is 7.26. The molecule has 0 bridgehead atoms. The summed E-state index contributed by atoms with van der Waals surface area (Å²) >= 11 is 0. The summed E-state index contributed by atoms with van der Waals surface area (Å²) in [5.41, 5.74) is 2.42. The summed E-state index contributed by atoms with van der Waals surface area (Å²) in [5, 5.41) is 2.89. The molecule has 1 N–H and O–H groups in total. The van der Waals surface area contributed by atoms with E-state index < -0.39 is 0 Å². The van der Waals surface area contributed by atoms with Crippen molar-refractivity contribution in [2.24, 2.45) is 0 Å². The van der Waals surface area contributed by atoms with E-state index in [4.69, 9.17) is 4.74 Å². The molecule has 1 heterocycles. The molecule has 0 aliphatic carbocycles. The lowest BCUT2D eigenvalue weighted by Crippen LogP contribution is -2.26. The maximum absolute atomic E-state index is 12.3. The number of ether oxygens (including phenoxy) is 1. The molecule has 0 atom stereocenters. The van der Waals surface area contributed by atoms with Gasteiger partial charge in [0.15, 0.2) is 0 Å². The van der Waals surface area contributed by atoms with Crippen molar-refractivity contribution in [3.05, 3.63) is 53.9 Å². The third-order valence-corrected chi connectivity index (χ3v) is 3.96. The maximum atomic E-state index is 12.3. The third kappa shape index (κ3) is 5.21. The number of hydrogen-bond donors (Lipinski definition) is 1. The van der Waals surface area contributed by atoms with E-state index in [1.165, 1.54) is 0 Å². The highest BCUT2D eigenvalue weighted by molar-refractivity contribution is 5.92. The number of anilines is 1. The molecule has 134 valence electrons. The van der Waals surface area contributed by atoms with Crippen molar-refractivity contribution in [2.45, 2.75) is 33.2 Å². The number of carbonyl (C=O) groups excluding carboxylic acids is 1. The molecular formula is C20H27N3O2. The molecule has 1 aromatic heterocycles. The number of benzene rings is 1. The largest absolute Gasteiger partial charge is 0.496 e. The Morgan fingerprint density at radius 2 is 1.84 bits per heavy atom. The first-order valence-corrected chi connectivity index (χ1v) is 8.80. The maximum Gasteiger partial charge on any atom is 0.270 e. The number of para-hydroxylation sites is 1. The van der Waals surface area contributed by atoms with Gasteiger partial charge in [0.25, 0.3) is 5.91 Å². The standard InChI is InChI=1S/C20H27N3O2/c1-4-12-23(13-5-2)17-10-11-18(21-15-17)20(24)22-14-16-8-6-7-9-19(16)25-3/h6-11,15H,4-5,12-14H2,1-3H3,(H,22,24). The van der Waals surface area contributed by atoms with Gasteiger partial charge in [0, 0.05) is 25.2 Å². The zero-order valence-electron chi connectivity index (χ0n) is 15.3. The SMILES string of the molecule is CCCN(CCC)c1ccc(C(=O)NCc2ccccc2OC)nc1. The van der Waals surface area contributed by atoms with E-state index in [9.17, 15) is 4.79 Å². The quantitative estimate of drug-likeness (QED) is 0.756. The van der Waals surface area contributed by atoms with Crippen LogP contribution in [0.15, 0.2) is 42.6 Å². The van der Waals surface area contributed by atoms with Crippen LogP contribution in [-0.2, 0) is 6.54 Å². The highest BCUT2D eigenvalue weighted by Gasteiger charge is 2.10. The lowest BCUT2D eigenvalue weighted by Gasteiger charge is -2.23. The molecule has 5 nitrogen and oxygen atoms in total. The van der Waals surface area contributed by atoms with Crippen LogP contribution in [0.1, 0.15) is 42.7 Å². The molecule has 0 radical (unpaired) electrons. The summed E-state index contributed by atoms with van der Waals surface area (Å²) in [5.74, 6) is 0.580. The molecule has 2 aromatic rings. The van der Waals surface area contributed by atoms with Crippen molar-refractivity contribution in [1.82, 2.24) is 10.3 Å². The topological polar surface area (TPSA) is 54.5 Å². The van der Waals surface area contributed by atoms with Gasteiger partial charge >= 0.3 is 0 Å². The van der Waals surface area contributed by atoms with Gasteiger partial charge in [-0.2, -0.15) is 0 Å². The van der Waals surface area contributed by atoms with Gasteiger partial charge in [-0.15, -0.1) is 0 Å². The molecule has 0 spiro atoms. The Hall–Kier alpha value is -2.56. The van der Waals surface area contributed by atoms with Crippen LogP contribution in [0.25, 0.3) is 0 Å². The van der Waals surface area contributed by atoms with Crippen LogP contribution in [-0.4, -0.2) is 31.1 Å². The number of carbonyl (C=O) groups is 1.